The first-order chi connectivity index (χ1) is 7.58. The van der Waals surface area contributed by atoms with Gasteiger partial charge in [0.25, 0.3) is 0 Å². The van der Waals surface area contributed by atoms with Crippen LogP contribution in [-0.2, 0) is 14.3 Å². The standard InChI is InChI=1S/C9H17N3O4/c1-15-3-2-11-8(14)12-9(4-7(10)13)5-16-6-9/h2-6H2,1H3,(H2,10,13)(H2,11,12,14). The molecule has 0 spiro atoms. The van der Waals surface area contributed by atoms with Gasteiger partial charge in [-0.05, 0) is 0 Å². The van der Waals surface area contributed by atoms with Crippen molar-refractivity contribution in [1.82, 2.24) is 10.6 Å². The van der Waals surface area contributed by atoms with E-state index in [0.29, 0.717) is 26.4 Å². The van der Waals surface area contributed by atoms with Crippen LogP contribution in [0, 0.1) is 0 Å². The van der Waals surface area contributed by atoms with Crippen molar-refractivity contribution in [3.8, 4) is 0 Å². The second-order valence-corrected chi connectivity index (χ2v) is 3.79. The van der Waals surface area contributed by atoms with E-state index in [0.717, 1.165) is 0 Å². The third-order valence-electron chi connectivity index (χ3n) is 2.24. The summed E-state index contributed by atoms with van der Waals surface area (Å²) in [5.74, 6) is -0.458. The summed E-state index contributed by atoms with van der Waals surface area (Å²) in [5, 5.41) is 5.29. The number of rotatable bonds is 6. The van der Waals surface area contributed by atoms with E-state index >= 15 is 0 Å². The molecular formula is C9H17N3O4. The molecule has 16 heavy (non-hydrogen) atoms. The zero-order chi connectivity index (χ0) is 12.0. The lowest BCUT2D eigenvalue weighted by atomic mass is 9.93. The van der Waals surface area contributed by atoms with Crippen LogP contribution >= 0.6 is 0 Å². The lowest BCUT2D eigenvalue weighted by Gasteiger charge is -2.41. The van der Waals surface area contributed by atoms with Crippen LogP contribution in [0.5, 0.6) is 0 Å². The highest BCUT2D eigenvalue weighted by atomic mass is 16.5. The van der Waals surface area contributed by atoms with Gasteiger partial charge in [-0.1, -0.05) is 0 Å². The van der Waals surface area contributed by atoms with E-state index in [9.17, 15) is 9.59 Å². The Hall–Kier alpha value is -1.34. The molecule has 1 saturated heterocycles. The Labute approximate surface area is 93.6 Å². The predicted molar refractivity (Wildman–Crippen MR) is 55.8 cm³/mol. The van der Waals surface area contributed by atoms with Crippen molar-refractivity contribution in [2.24, 2.45) is 5.73 Å². The second kappa shape index (κ2) is 5.66. The maximum absolute atomic E-state index is 11.4. The van der Waals surface area contributed by atoms with Crippen molar-refractivity contribution in [2.75, 3.05) is 33.5 Å². The van der Waals surface area contributed by atoms with Gasteiger partial charge < -0.3 is 25.8 Å². The highest BCUT2D eigenvalue weighted by Gasteiger charge is 2.41. The van der Waals surface area contributed by atoms with Crippen LogP contribution in [0.2, 0.25) is 0 Å². The summed E-state index contributed by atoms with van der Waals surface area (Å²) in [6.45, 7) is 1.48. The lowest BCUT2D eigenvalue weighted by molar-refractivity contribution is -0.127. The minimum atomic E-state index is -0.636. The summed E-state index contributed by atoms with van der Waals surface area (Å²) >= 11 is 0. The minimum Gasteiger partial charge on any atom is -0.383 e. The molecule has 0 aromatic rings. The van der Waals surface area contributed by atoms with E-state index in [4.69, 9.17) is 15.2 Å². The molecule has 1 rings (SSSR count). The Morgan fingerprint density at radius 3 is 2.62 bits per heavy atom. The number of urea groups is 1. The first-order valence-electron chi connectivity index (χ1n) is 4.99. The number of primary amides is 1. The highest BCUT2D eigenvalue weighted by molar-refractivity contribution is 5.79. The summed E-state index contributed by atoms with van der Waals surface area (Å²) in [5.41, 5.74) is 4.46. The van der Waals surface area contributed by atoms with Crippen LogP contribution in [-0.4, -0.2) is 51.0 Å². The van der Waals surface area contributed by atoms with Gasteiger partial charge in [0.2, 0.25) is 5.91 Å². The van der Waals surface area contributed by atoms with Crippen molar-refractivity contribution in [2.45, 2.75) is 12.0 Å². The van der Waals surface area contributed by atoms with Gasteiger partial charge >= 0.3 is 6.03 Å². The summed E-state index contributed by atoms with van der Waals surface area (Å²) in [6.07, 6.45) is 0.0880. The number of amides is 3. The molecule has 0 aliphatic carbocycles. The summed E-state index contributed by atoms with van der Waals surface area (Å²) in [7, 11) is 1.55. The maximum atomic E-state index is 11.4. The van der Waals surface area contributed by atoms with Gasteiger partial charge in [0.15, 0.2) is 0 Å². The smallest absolute Gasteiger partial charge is 0.315 e. The van der Waals surface area contributed by atoms with E-state index < -0.39 is 11.4 Å². The Balaban J connectivity index is 2.32. The minimum absolute atomic E-state index is 0.0880. The van der Waals surface area contributed by atoms with E-state index in [1.165, 1.54) is 0 Å². The average molecular weight is 231 g/mol. The molecule has 1 heterocycles. The molecule has 1 aliphatic rings. The number of nitrogens with one attached hydrogen (secondary N) is 2. The molecule has 0 atom stereocenters. The Kier molecular flexibility index (Phi) is 4.51. The van der Waals surface area contributed by atoms with Crippen LogP contribution in [0.3, 0.4) is 0 Å². The van der Waals surface area contributed by atoms with Crippen LogP contribution in [0.15, 0.2) is 0 Å². The van der Waals surface area contributed by atoms with Gasteiger partial charge in [0.05, 0.1) is 31.8 Å². The highest BCUT2D eigenvalue weighted by Crippen LogP contribution is 2.20. The van der Waals surface area contributed by atoms with Crippen molar-refractivity contribution >= 4 is 11.9 Å². The Morgan fingerprint density at radius 1 is 1.50 bits per heavy atom. The zero-order valence-corrected chi connectivity index (χ0v) is 9.25. The molecule has 4 N–H and O–H groups in total. The molecule has 0 aromatic heterocycles. The third-order valence-corrected chi connectivity index (χ3v) is 2.24. The van der Waals surface area contributed by atoms with E-state index in [-0.39, 0.29) is 12.5 Å². The fraction of sp³-hybridized carbons (Fsp3) is 0.778. The molecule has 7 heteroatoms. The molecule has 0 aromatic carbocycles. The first-order valence-corrected chi connectivity index (χ1v) is 4.99. The fourth-order valence-corrected chi connectivity index (χ4v) is 1.45. The van der Waals surface area contributed by atoms with E-state index in [1.54, 1.807) is 7.11 Å². The van der Waals surface area contributed by atoms with E-state index in [2.05, 4.69) is 10.6 Å². The normalized spacial score (nSPS) is 17.3. The largest absolute Gasteiger partial charge is 0.383 e. The van der Waals surface area contributed by atoms with Crippen molar-refractivity contribution in [3.63, 3.8) is 0 Å². The fourth-order valence-electron chi connectivity index (χ4n) is 1.45. The van der Waals surface area contributed by atoms with Crippen LogP contribution in [0.25, 0.3) is 0 Å². The molecule has 3 amide bonds. The van der Waals surface area contributed by atoms with Crippen LogP contribution < -0.4 is 16.4 Å². The van der Waals surface area contributed by atoms with Gasteiger partial charge in [-0.3, -0.25) is 4.79 Å². The zero-order valence-electron chi connectivity index (χ0n) is 9.25. The number of carbonyl (C=O) groups excluding carboxylic acids is 2. The number of methoxy groups -OCH3 is 1. The quantitative estimate of drug-likeness (QED) is 0.488. The second-order valence-electron chi connectivity index (χ2n) is 3.79. The molecular weight excluding hydrogens is 214 g/mol. The van der Waals surface area contributed by atoms with Crippen LogP contribution in [0.4, 0.5) is 4.79 Å². The molecule has 92 valence electrons. The van der Waals surface area contributed by atoms with Crippen molar-refractivity contribution < 1.29 is 19.1 Å². The lowest BCUT2D eigenvalue weighted by Crippen LogP contribution is -2.65. The number of hydrogen-bond donors (Lipinski definition) is 3. The molecule has 0 saturated carbocycles. The van der Waals surface area contributed by atoms with Crippen molar-refractivity contribution in [3.05, 3.63) is 0 Å². The monoisotopic (exact) mass is 231 g/mol. The summed E-state index contributed by atoms with van der Waals surface area (Å²) in [6, 6.07) is -0.346. The molecule has 7 nitrogen and oxygen atoms in total. The molecule has 0 bridgehead atoms. The van der Waals surface area contributed by atoms with E-state index in [1.807, 2.05) is 0 Å². The first kappa shape index (κ1) is 12.7. The molecule has 0 radical (unpaired) electrons. The number of hydrogen-bond acceptors (Lipinski definition) is 4. The average Bonchev–Trinajstić information content (AvgIpc) is 2.14. The number of ether oxygens (including phenoxy) is 2. The SMILES string of the molecule is COCCNC(=O)NC1(CC(N)=O)COC1. The topological polar surface area (TPSA) is 103 Å². The number of nitrogens with two attached hydrogens (primary N) is 1. The molecule has 1 fully saturated rings. The molecule has 0 unspecified atom stereocenters. The Bertz CT molecular complexity index is 265. The summed E-state index contributed by atoms with van der Waals surface area (Å²) < 4.78 is 9.78. The maximum Gasteiger partial charge on any atom is 0.315 e. The van der Waals surface area contributed by atoms with Gasteiger partial charge in [-0.15, -0.1) is 0 Å². The van der Waals surface area contributed by atoms with Gasteiger partial charge in [-0.2, -0.15) is 0 Å². The Morgan fingerprint density at radius 2 is 2.19 bits per heavy atom. The van der Waals surface area contributed by atoms with Crippen LogP contribution in [0.1, 0.15) is 6.42 Å². The number of carbonyl (C=O) groups is 2. The van der Waals surface area contributed by atoms with Crippen molar-refractivity contribution in [1.29, 1.82) is 0 Å². The summed E-state index contributed by atoms with van der Waals surface area (Å²) in [4.78, 5) is 22.2. The third kappa shape index (κ3) is 3.67. The van der Waals surface area contributed by atoms with Gasteiger partial charge in [0, 0.05) is 13.7 Å². The molecule has 1 aliphatic heterocycles. The predicted octanol–water partition coefficient (Wildman–Crippen LogP) is -1.42. The van der Waals surface area contributed by atoms with Gasteiger partial charge in [-0.25, -0.2) is 4.79 Å². The van der Waals surface area contributed by atoms with Gasteiger partial charge in [0.1, 0.15) is 0 Å².